The lowest BCUT2D eigenvalue weighted by molar-refractivity contribution is -0.114. The molecule has 2 rings (SSSR count). The third kappa shape index (κ3) is 5.60. The van der Waals surface area contributed by atoms with Crippen LogP contribution < -0.4 is 21.1 Å². The van der Waals surface area contributed by atoms with Crippen LogP contribution in [0.25, 0.3) is 0 Å². The summed E-state index contributed by atoms with van der Waals surface area (Å²) in [5.41, 5.74) is 7.43. The van der Waals surface area contributed by atoms with Crippen LogP contribution in [0.5, 0.6) is 5.75 Å². The molecule has 4 N–H and O–H groups in total. The molecular weight excluding hydrogens is 330 g/mol. The van der Waals surface area contributed by atoms with E-state index >= 15 is 0 Å². The van der Waals surface area contributed by atoms with Crippen molar-refractivity contribution in [2.24, 2.45) is 5.73 Å². The van der Waals surface area contributed by atoms with E-state index in [0.717, 1.165) is 5.56 Å². The lowest BCUT2D eigenvalue weighted by Gasteiger charge is -2.19. The second-order valence-electron chi connectivity index (χ2n) is 5.96. The third-order valence-corrected chi connectivity index (χ3v) is 3.79. The molecule has 1 unspecified atom stereocenters. The highest BCUT2D eigenvalue weighted by atomic mass is 16.5. The first kappa shape index (κ1) is 19.5. The Balaban J connectivity index is 2.23. The van der Waals surface area contributed by atoms with Gasteiger partial charge >= 0.3 is 0 Å². The van der Waals surface area contributed by atoms with Crippen LogP contribution in [0.1, 0.15) is 42.3 Å². The van der Waals surface area contributed by atoms with Crippen molar-refractivity contribution in [3.63, 3.8) is 0 Å². The molecule has 0 heterocycles. The van der Waals surface area contributed by atoms with Gasteiger partial charge in [0.1, 0.15) is 11.9 Å². The normalized spacial score (nSPS) is 11.5. The summed E-state index contributed by atoms with van der Waals surface area (Å²) in [5, 5.41) is 5.55. The van der Waals surface area contributed by atoms with Gasteiger partial charge in [-0.15, -0.1) is 0 Å². The lowest BCUT2D eigenvalue weighted by atomic mass is 10.1. The Morgan fingerprint density at radius 2 is 1.88 bits per heavy atom. The SMILES string of the molecule is CC(=O)Nc1ccc(C(=O)NCCCN)cc1OC(C)c1ccccc1. The molecule has 0 aliphatic carbocycles. The number of amides is 2. The van der Waals surface area contributed by atoms with Gasteiger partial charge in [-0.2, -0.15) is 0 Å². The van der Waals surface area contributed by atoms with Crippen LogP contribution >= 0.6 is 0 Å². The zero-order chi connectivity index (χ0) is 18.9. The van der Waals surface area contributed by atoms with E-state index in [1.807, 2.05) is 37.3 Å². The topological polar surface area (TPSA) is 93.5 Å². The number of rotatable bonds is 8. The van der Waals surface area contributed by atoms with Crippen molar-refractivity contribution in [3.05, 3.63) is 59.7 Å². The second-order valence-corrected chi connectivity index (χ2v) is 5.96. The molecule has 6 nitrogen and oxygen atoms in total. The van der Waals surface area contributed by atoms with Gasteiger partial charge in [-0.3, -0.25) is 9.59 Å². The molecule has 26 heavy (non-hydrogen) atoms. The zero-order valence-electron chi connectivity index (χ0n) is 15.1. The number of nitrogens with one attached hydrogen (secondary N) is 2. The van der Waals surface area contributed by atoms with Crippen LogP contribution in [0.4, 0.5) is 5.69 Å². The van der Waals surface area contributed by atoms with Gasteiger partial charge in [-0.05, 0) is 43.7 Å². The Morgan fingerprint density at radius 3 is 2.54 bits per heavy atom. The number of ether oxygens (including phenoxy) is 1. The summed E-state index contributed by atoms with van der Waals surface area (Å²) >= 11 is 0. The predicted octanol–water partition coefficient (Wildman–Crippen LogP) is 2.86. The number of benzene rings is 2. The van der Waals surface area contributed by atoms with E-state index in [4.69, 9.17) is 10.5 Å². The average molecular weight is 355 g/mol. The molecular formula is C20H25N3O3. The van der Waals surface area contributed by atoms with Gasteiger partial charge < -0.3 is 21.1 Å². The molecule has 0 fully saturated rings. The van der Waals surface area contributed by atoms with Crippen LogP contribution in [-0.4, -0.2) is 24.9 Å². The monoisotopic (exact) mass is 355 g/mol. The Labute approximate surface area is 153 Å². The van der Waals surface area contributed by atoms with Gasteiger partial charge in [0, 0.05) is 19.0 Å². The van der Waals surface area contributed by atoms with E-state index in [1.54, 1.807) is 18.2 Å². The van der Waals surface area contributed by atoms with Crippen LogP contribution in [-0.2, 0) is 4.79 Å². The van der Waals surface area contributed by atoms with E-state index in [1.165, 1.54) is 6.92 Å². The third-order valence-electron chi connectivity index (χ3n) is 3.79. The Kier molecular flexibility index (Phi) is 7.17. The molecule has 6 heteroatoms. The number of carbonyl (C=O) groups excluding carboxylic acids is 2. The second kappa shape index (κ2) is 9.58. The molecule has 0 aromatic heterocycles. The first-order chi connectivity index (χ1) is 12.5. The highest BCUT2D eigenvalue weighted by Gasteiger charge is 2.15. The fourth-order valence-electron chi connectivity index (χ4n) is 2.44. The van der Waals surface area contributed by atoms with E-state index in [2.05, 4.69) is 10.6 Å². The van der Waals surface area contributed by atoms with Gasteiger partial charge in [0.15, 0.2) is 0 Å². The van der Waals surface area contributed by atoms with Crippen LogP contribution in [0.3, 0.4) is 0 Å². The van der Waals surface area contributed by atoms with Crippen molar-refractivity contribution in [3.8, 4) is 5.75 Å². The number of anilines is 1. The van der Waals surface area contributed by atoms with E-state index in [9.17, 15) is 9.59 Å². The molecule has 138 valence electrons. The molecule has 2 amide bonds. The smallest absolute Gasteiger partial charge is 0.251 e. The summed E-state index contributed by atoms with van der Waals surface area (Å²) < 4.78 is 6.03. The molecule has 0 aliphatic rings. The van der Waals surface area contributed by atoms with Gasteiger partial charge in [0.2, 0.25) is 5.91 Å². The summed E-state index contributed by atoms with van der Waals surface area (Å²) in [4.78, 5) is 23.7. The maximum Gasteiger partial charge on any atom is 0.251 e. The van der Waals surface area contributed by atoms with Crippen LogP contribution in [0, 0.1) is 0 Å². The Morgan fingerprint density at radius 1 is 1.15 bits per heavy atom. The number of hydrogen-bond acceptors (Lipinski definition) is 4. The van der Waals surface area contributed by atoms with E-state index in [0.29, 0.717) is 36.5 Å². The van der Waals surface area contributed by atoms with Crippen molar-refractivity contribution in [1.82, 2.24) is 5.32 Å². The highest BCUT2D eigenvalue weighted by molar-refractivity contribution is 5.96. The zero-order valence-corrected chi connectivity index (χ0v) is 15.1. The van der Waals surface area contributed by atoms with Crippen LogP contribution in [0.2, 0.25) is 0 Å². The molecule has 1 atom stereocenters. The molecule has 0 saturated carbocycles. The number of nitrogens with two attached hydrogens (primary N) is 1. The summed E-state index contributed by atoms with van der Waals surface area (Å²) in [7, 11) is 0. The molecule has 0 radical (unpaired) electrons. The average Bonchev–Trinajstić information content (AvgIpc) is 2.63. The molecule has 2 aromatic rings. The van der Waals surface area contributed by atoms with Crippen molar-refractivity contribution in [2.75, 3.05) is 18.4 Å². The summed E-state index contributed by atoms with van der Waals surface area (Å²) in [6.07, 6.45) is 0.476. The summed E-state index contributed by atoms with van der Waals surface area (Å²) in [6.45, 7) is 4.38. The number of carbonyl (C=O) groups is 2. The van der Waals surface area contributed by atoms with Gasteiger partial charge in [0.25, 0.3) is 5.91 Å². The predicted molar refractivity (Wildman–Crippen MR) is 102 cm³/mol. The maximum absolute atomic E-state index is 12.3. The number of hydrogen-bond donors (Lipinski definition) is 3. The minimum absolute atomic E-state index is 0.204. The Bertz CT molecular complexity index is 747. The fourth-order valence-corrected chi connectivity index (χ4v) is 2.44. The first-order valence-electron chi connectivity index (χ1n) is 8.62. The largest absolute Gasteiger partial charge is 0.484 e. The van der Waals surface area contributed by atoms with Crippen LogP contribution in [0.15, 0.2) is 48.5 Å². The lowest BCUT2D eigenvalue weighted by Crippen LogP contribution is -2.26. The first-order valence-corrected chi connectivity index (χ1v) is 8.62. The Hall–Kier alpha value is -2.86. The van der Waals surface area contributed by atoms with E-state index < -0.39 is 0 Å². The van der Waals surface area contributed by atoms with Gasteiger partial charge in [0.05, 0.1) is 5.69 Å². The molecule has 0 bridgehead atoms. The molecule has 0 saturated heterocycles. The van der Waals surface area contributed by atoms with Gasteiger partial charge in [-0.25, -0.2) is 0 Å². The van der Waals surface area contributed by atoms with Gasteiger partial charge in [-0.1, -0.05) is 30.3 Å². The molecule has 0 aliphatic heterocycles. The van der Waals surface area contributed by atoms with Crippen molar-refractivity contribution >= 4 is 17.5 Å². The van der Waals surface area contributed by atoms with E-state index in [-0.39, 0.29) is 17.9 Å². The minimum Gasteiger partial charge on any atom is -0.484 e. The summed E-state index contributed by atoms with van der Waals surface area (Å²) in [6, 6.07) is 14.7. The molecule has 2 aromatic carbocycles. The summed E-state index contributed by atoms with van der Waals surface area (Å²) in [5.74, 6) is 0.0374. The quantitative estimate of drug-likeness (QED) is 0.635. The van der Waals surface area contributed by atoms with Crippen molar-refractivity contribution in [2.45, 2.75) is 26.4 Å². The fraction of sp³-hybridized carbons (Fsp3) is 0.300. The standard InChI is InChI=1S/C20H25N3O3/c1-14(16-7-4-3-5-8-16)26-19-13-17(20(25)22-12-6-11-21)9-10-18(19)23-15(2)24/h3-5,7-10,13-14H,6,11-12,21H2,1-2H3,(H,22,25)(H,23,24). The maximum atomic E-state index is 12.3. The molecule has 0 spiro atoms. The highest BCUT2D eigenvalue weighted by Crippen LogP contribution is 2.30. The minimum atomic E-state index is -0.237. The van der Waals surface area contributed by atoms with Crippen molar-refractivity contribution in [1.29, 1.82) is 0 Å². The van der Waals surface area contributed by atoms with Crippen molar-refractivity contribution < 1.29 is 14.3 Å².